The molecular formula is C19H28IN5O. The minimum Gasteiger partial charge on any atom is -0.376 e. The van der Waals surface area contributed by atoms with Gasteiger partial charge in [0, 0.05) is 38.6 Å². The maximum atomic E-state index is 5.65. The van der Waals surface area contributed by atoms with Crippen LogP contribution in [0.25, 0.3) is 0 Å². The molecule has 1 atom stereocenters. The molecule has 0 saturated carbocycles. The Kier molecular flexibility index (Phi) is 8.90. The van der Waals surface area contributed by atoms with Crippen molar-refractivity contribution in [3.8, 4) is 0 Å². The van der Waals surface area contributed by atoms with Crippen molar-refractivity contribution in [1.82, 2.24) is 20.2 Å². The molecule has 2 N–H and O–H groups in total. The molecule has 0 spiro atoms. The van der Waals surface area contributed by atoms with E-state index in [9.17, 15) is 0 Å². The fraction of sp³-hybridized carbons (Fsp3) is 0.474. The summed E-state index contributed by atoms with van der Waals surface area (Å²) in [4.78, 5) is 8.74. The molecule has 6 nitrogen and oxygen atoms in total. The molecule has 1 aromatic heterocycles. The van der Waals surface area contributed by atoms with Gasteiger partial charge in [-0.3, -0.25) is 0 Å². The third-order valence-corrected chi connectivity index (χ3v) is 4.23. The second-order valence-corrected chi connectivity index (χ2v) is 6.26. The van der Waals surface area contributed by atoms with Crippen LogP contribution in [0.1, 0.15) is 30.9 Å². The monoisotopic (exact) mass is 469 g/mol. The Morgan fingerprint density at radius 1 is 1.27 bits per heavy atom. The summed E-state index contributed by atoms with van der Waals surface area (Å²) in [6.07, 6.45) is 8.21. The number of aromatic nitrogens is 2. The van der Waals surface area contributed by atoms with E-state index in [1.165, 1.54) is 11.1 Å². The number of nitrogens with one attached hydrogen (secondary N) is 2. The summed E-state index contributed by atoms with van der Waals surface area (Å²) in [6.45, 7) is 6.12. The lowest BCUT2D eigenvalue weighted by Crippen LogP contribution is -2.41. The van der Waals surface area contributed by atoms with E-state index in [1.807, 2.05) is 12.5 Å². The van der Waals surface area contributed by atoms with E-state index >= 15 is 0 Å². The number of nitrogens with zero attached hydrogens (tertiary/aromatic N) is 3. The summed E-state index contributed by atoms with van der Waals surface area (Å²) >= 11 is 0. The van der Waals surface area contributed by atoms with Gasteiger partial charge in [-0.15, -0.1) is 24.0 Å². The Labute approximate surface area is 172 Å². The van der Waals surface area contributed by atoms with Gasteiger partial charge in [0.2, 0.25) is 0 Å². The highest BCUT2D eigenvalue weighted by Gasteiger charge is 2.15. The van der Waals surface area contributed by atoms with Crippen molar-refractivity contribution in [2.24, 2.45) is 4.99 Å². The number of guanidine groups is 1. The van der Waals surface area contributed by atoms with E-state index in [0.29, 0.717) is 12.6 Å². The van der Waals surface area contributed by atoms with Gasteiger partial charge in [-0.25, -0.2) is 9.98 Å². The van der Waals surface area contributed by atoms with Gasteiger partial charge in [-0.1, -0.05) is 24.3 Å². The van der Waals surface area contributed by atoms with E-state index in [0.717, 1.165) is 45.0 Å². The molecule has 1 saturated heterocycles. The second-order valence-electron chi connectivity index (χ2n) is 6.26. The average Bonchev–Trinajstić information content (AvgIpc) is 3.32. The quantitative estimate of drug-likeness (QED) is 0.372. The van der Waals surface area contributed by atoms with Crippen LogP contribution in [0.3, 0.4) is 0 Å². The molecule has 3 rings (SSSR count). The summed E-state index contributed by atoms with van der Waals surface area (Å²) in [5, 5.41) is 6.67. The van der Waals surface area contributed by atoms with Crippen molar-refractivity contribution in [2.45, 2.75) is 39.0 Å². The average molecular weight is 469 g/mol. The zero-order valence-electron chi connectivity index (χ0n) is 15.2. The summed E-state index contributed by atoms with van der Waals surface area (Å²) in [5.74, 6) is 0.848. The second kappa shape index (κ2) is 11.2. The molecule has 142 valence electrons. The van der Waals surface area contributed by atoms with Crippen LogP contribution in [0.5, 0.6) is 0 Å². The number of ether oxygens (including phenoxy) is 1. The lowest BCUT2D eigenvalue weighted by molar-refractivity contribution is 0.114. The lowest BCUT2D eigenvalue weighted by atomic mass is 10.1. The first-order chi connectivity index (χ1) is 12.3. The molecule has 7 heteroatoms. The fourth-order valence-corrected chi connectivity index (χ4v) is 2.87. The van der Waals surface area contributed by atoms with Gasteiger partial charge in [0.25, 0.3) is 0 Å². The minimum absolute atomic E-state index is 0. The highest BCUT2D eigenvalue weighted by Crippen LogP contribution is 2.10. The Balaban J connectivity index is 0.00000243. The van der Waals surface area contributed by atoms with Crippen LogP contribution in [0.4, 0.5) is 0 Å². The van der Waals surface area contributed by atoms with Crippen LogP contribution >= 0.6 is 24.0 Å². The Hall–Kier alpha value is -1.61. The van der Waals surface area contributed by atoms with Crippen LogP contribution in [-0.4, -0.2) is 41.3 Å². The zero-order chi connectivity index (χ0) is 17.3. The molecule has 2 aromatic rings. The van der Waals surface area contributed by atoms with Gasteiger partial charge >= 0.3 is 0 Å². The number of benzene rings is 1. The highest BCUT2D eigenvalue weighted by molar-refractivity contribution is 14.0. The predicted octanol–water partition coefficient (Wildman–Crippen LogP) is 2.78. The molecule has 0 radical (unpaired) electrons. The van der Waals surface area contributed by atoms with E-state index in [2.05, 4.69) is 56.4 Å². The van der Waals surface area contributed by atoms with Crippen LogP contribution in [-0.2, 0) is 17.8 Å². The van der Waals surface area contributed by atoms with Crippen LogP contribution in [0.15, 0.2) is 48.0 Å². The molecule has 0 bridgehead atoms. The highest BCUT2D eigenvalue weighted by atomic mass is 127. The number of aliphatic imine (C=N–C) groups is 1. The fourth-order valence-electron chi connectivity index (χ4n) is 2.87. The minimum atomic E-state index is 0. The first kappa shape index (κ1) is 20.7. The third-order valence-electron chi connectivity index (χ3n) is 4.23. The first-order valence-electron chi connectivity index (χ1n) is 9.01. The van der Waals surface area contributed by atoms with Crippen molar-refractivity contribution < 1.29 is 4.74 Å². The smallest absolute Gasteiger partial charge is 0.191 e. The number of halogens is 1. The number of hydrogen-bond donors (Lipinski definition) is 2. The van der Waals surface area contributed by atoms with Crippen molar-refractivity contribution in [3.05, 3.63) is 54.1 Å². The molecule has 1 aliphatic rings. The molecule has 1 unspecified atom stereocenters. The summed E-state index contributed by atoms with van der Waals surface area (Å²) in [7, 11) is 0. The summed E-state index contributed by atoms with van der Waals surface area (Å²) in [5.41, 5.74) is 2.46. The van der Waals surface area contributed by atoms with Crippen molar-refractivity contribution >= 4 is 29.9 Å². The molecule has 2 heterocycles. The van der Waals surface area contributed by atoms with Gasteiger partial charge in [-0.05, 0) is 30.9 Å². The number of hydrogen-bond acceptors (Lipinski definition) is 3. The third kappa shape index (κ3) is 6.60. The van der Waals surface area contributed by atoms with E-state index < -0.39 is 0 Å². The Bertz CT molecular complexity index is 651. The summed E-state index contributed by atoms with van der Waals surface area (Å²) in [6, 6.07) is 8.58. The molecule has 1 aromatic carbocycles. The van der Waals surface area contributed by atoms with Crippen molar-refractivity contribution in [2.75, 3.05) is 19.7 Å². The van der Waals surface area contributed by atoms with Gasteiger partial charge in [0.1, 0.15) is 0 Å². The molecule has 1 aliphatic heterocycles. The maximum Gasteiger partial charge on any atom is 0.191 e. The maximum absolute atomic E-state index is 5.65. The largest absolute Gasteiger partial charge is 0.376 e. The number of imidazole rings is 1. The summed E-state index contributed by atoms with van der Waals surface area (Å²) < 4.78 is 7.71. The van der Waals surface area contributed by atoms with E-state index in [4.69, 9.17) is 4.74 Å². The standard InChI is InChI=1S/C19H27N5O.HI/c1-2-21-19(23-13-18-4-3-11-25-18)22-12-16-5-7-17(8-6-16)14-24-10-9-20-15-24;/h5-10,15,18H,2-4,11-14H2,1H3,(H2,21,22,23);1H. The Morgan fingerprint density at radius 2 is 2.08 bits per heavy atom. The molecule has 0 amide bonds. The van der Waals surface area contributed by atoms with Crippen LogP contribution in [0.2, 0.25) is 0 Å². The van der Waals surface area contributed by atoms with Gasteiger partial charge in [-0.2, -0.15) is 0 Å². The lowest BCUT2D eigenvalue weighted by Gasteiger charge is -2.14. The van der Waals surface area contributed by atoms with Crippen molar-refractivity contribution in [3.63, 3.8) is 0 Å². The molecule has 1 fully saturated rings. The Morgan fingerprint density at radius 3 is 2.73 bits per heavy atom. The molecule has 0 aliphatic carbocycles. The van der Waals surface area contributed by atoms with Gasteiger partial charge < -0.3 is 19.9 Å². The normalized spacial score (nSPS) is 17.0. The molecule has 26 heavy (non-hydrogen) atoms. The van der Waals surface area contributed by atoms with Gasteiger partial charge in [0.15, 0.2) is 5.96 Å². The van der Waals surface area contributed by atoms with E-state index in [-0.39, 0.29) is 24.0 Å². The zero-order valence-corrected chi connectivity index (χ0v) is 17.6. The predicted molar refractivity (Wildman–Crippen MR) is 115 cm³/mol. The van der Waals surface area contributed by atoms with Crippen LogP contribution in [0, 0.1) is 0 Å². The van der Waals surface area contributed by atoms with E-state index in [1.54, 1.807) is 6.20 Å². The molecular weight excluding hydrogens is 441 g/mol. The van der Waals surface area contributed by atoms with Crippen molar-refractivity contribution in [1.29, 1.82) is 0 Å². The topological polar surface area (TPSA) is 63.5 Å². The van der Waals surface area contributed by atoms with Gasteiger partial charge in [0.05, 0.1) is 19.0 Å². The van der Waals surface area contributed by atoms with Crippen LogP contribution < -0.4 is 10.6 Å². The first-order valence-corrected chi connectivity index (χ1v) is 9.01. The SMILES string of the molecule is CCNC(=NCc1ccc(Cn2ccnc2)cc1)NCC1CCCO1.I. The number of rotatable bonds is 7.